The molecular formula is C16H28N2S. The fraction of sp³-hybridized carbons (Fsp3) is 0.750. The van der Waals surface area contributed by atoms with Gasteiger partial charge in [0, 0.05) is 17.0 Å². The van der Waals surface area contributed by atoms with Crippen molar-refractivity contribution in [2.24, 2.45) is 11.7 Å². The zero-order chi connectivity index (χ0) is 13.8. The minimum atomic E-state index is 0.188. The summed E-state index contributed by atoms with van der Waals surface area (Å²) in [4.78, 5) is 3.96. The number of likely N-dealkylation sites (N-methyl/N-ethyl adjacent to an activating group) is 1. The summed E-state index contributed by atoms with van der Waals surface area (Å²) in [6.07, 6.45) is 6.80. The number of nitrogens with zero attached hydrogens (tertiary/aromatic N) is 1. The minimum absolute atomic E-state index is 0.188. The molecule has 0 saturated heterocycles. The Hall–Kier alpha value is -0.380. The number of rotatable bonds is 5. The molecule has 1 fully saturated rings. The van der Waals surface area contributed by atoms with E-state index >= 15 is 0 Å². The molecule has 2 unspecified atom stereocenters. The molecule has 0 radical (unpaired) electrons. The summed E-state index contributed by atoms with van der Waals surface area (Å²) in [5.74, 6) is 0.958. The second kappa shape index (κ2) is 6.87. The van der Waals surface area contributed by atoms with E-state index in [0.717, 1.165) is 5.92 Å². The Balaban J connectivity index is 2.02. The van der Waals surface area contributed by atoms with Gasteiger partial charge in [-0.2, -0.15) is 0 Å². The van der Waals surface area contributed by atoms with Crippen LogP contribution in [-0.4, -0.2) is 24.0 Å². The smallest absolute Gasteiger partial charge is 0.0590 e. The quantitative estimate of drug-likeness (QED) is 0.882. The Bertz CT molecular complexity index is 353. The maximum atomic E-state index is 6.25. The first kappa shape index (κ1) is 15.0. The first-order chi connectivity index (χ1) is 9.13. The molecule has 0 aliphatic heterocycles. The molecule has 0 spiro atoms. The average molecular weight is 280 g/mol. The van der Waals surface area contributed by atoms with Crippen molar-refractivity contribution >= 4 is 11.3 Å². The van der Waals surface area contributed by atoms with Gasteiger partial charge in [0.1, 0.15) is 0 Å². The Kier molecular flexibility index (Phi) is 5.43. The van der Waals surface area contributed by atoms with Crippen molar-refractivity contribution in [3.05, 3.63) is 22.4 Å². The maximum absolute atomic E-state index is 6.25. The maximum Gasteiger partial charge on any atom is 0.0590 e. The van der Waals surface area contributed by atoms with Gasteiger partial charge in [0.25, 0.3) is 0 Å². The highest BCUT2D eigenvalue weighted by molar-refractivity contribution is 7.10. The summed E-state index contributed by atoms with van der Waals surface area (Å²) in [5, 5.41) is 2.16. The second-order valence-electron chi connectivity index (χ2n) is 6.07. The zero-order valence-corrected chi connectivity index (χ0v) is 13.3. The van der Waals surface area contributed by atoms with Gasteiger partial charge in [-0.1, -0.05) is 19.4 Å². The predicted molar refractivity (Wildman–Crippen MR) is 84.5 cm³/mol. The van der Waals surface area contributed by atoms with Crippen LogP contribution in [0, 0.1) is 5.92 Å². The summed E-state index contributed by atoms with van der Waals surface area (Å²) >= 11 is 1.84. The van der Waals surface area contributed by atoms with Crippen LogP contribution in [0.5, 0.6) is 0 Å². The molecule has 2 N–H and O–H groups in total. The molecule has 2 nitrogen and oxygen atoms in total. The number of hydrogen-bond acceptors (Lipinski definition) is 3. The van der Waals surface area contributed by atoms with Crippen LogP contribution in [0.25, 0.3) is 0 Å². The van der Waals surface area contributed by atoms with E-state index in [1.165, 1.54) is 37.0 Å². The monoisotopic (exact) mass is 280 g/mol. The Morgan fingerprint density at radius 1 is 1.37 bits per heavy atom. The lowest BCUT2D eigenvalue weighted by atomic mass is 9.83. The lowest BCUT2D eigenvalue weighted by Crippen LogP contribution is -2.44. The van der Waals surface area contributed by atoms with E-state index in [1.807, 2.05) is 11.3 Å². The topological polar surface area (TPSA) is 29.3 Å². The highest BCUT2D eigenvalue weighted by Crippen LogP contribution is 2.34. The van der Waals surface area contributed by atoms with Crippen LogP contribution in [0.4, 0.5) is 0 Å². The van der Waals surface area contributed by atoms with Crippen molar-refractivity contribution in [1.29, 1.82) is 0 Å². The predicted octanol–water partition coefficient (Wildman–Crippen LogP) is 4.04. The largest absolute Gasteiger partial charge is 0.326 e. The molecule has 0 bridgehead atoms. The molecule has 1 aromatic rings. The third-order valence-corrected chi connectivity index (χ3v) is 5.68. The molecule has 0 amide bonds. The highest BCUT2D eigenvalue weighted by atomic mass is 32.1. The van der Waals surface area contributed by atoms with E-state index in [1.54, 1.807) is 0 Å². The van der Waals surface area contributed by atoms with Gasteiger partial charge in [-0.05, 0) is 57.0 Å². The first-order valence-electron chi connectivity index (χ1n) is 7.64. The standard InChI is InChI=1S/C16H28N2S/c1-4-13-7-9-14(10-8-13)18(3)16(12(2)17)15-6-5-11-19-15/h5-6,11-14,16H,4,7-10,17H2,1-3H3. The first-order valence-corrected chi connectivity index (χ1v) is 8.52. The van der Waals surface area contributed by atoms with Crippen molar-refractivity contribution < 1.29 is 0 Å². The highest BCUT2D eigenvalue weighted by Gasteiger charge is 2.30. The van der Waals surface area contributed by atoms with Crippen LogP contribution in [0.3, 0.4) is 0 Å². The van der Waals surface area contributed by atoms with E-state index in [0.29, 0.717) is 12.1 Å². The van der Waals surface area contributed by atoms with E-state index < -0.39 is 0 Å². The van der Waals surface area contributed by atoms with Gasteiger partial charge in [0.15, 0.2) is 0 Å². The van der Waals surface area contributed by atoms with Crippen LogP contribution in [0.2, 0.25) is 0 Å². The van der Waals surface area contributed by atoms with E-state index in [-0.39, 0.29) is 6.04 Å². The number of thiophene rings is 1. The fourth-order valence-corrected chi connectivity index (χ4v) is 4.47. The van der Waals surface area contributed by atoms with Gasteiger partial charge in [-0.25, -0.2) is 0 Å². The second-order valence-corrected chi connectivity index (χ2v) is 7.05. The van der Waals surface area contributed by atoms with Gasteiger partial charge in [0.2, 0.25) is 0 Å². The number of nitrogens with two attached hydrogens (primary N) is 1. The molecule has 1 aromatic heterocycles. The molecule has 1 aliphatic rings. The third kappa shape index (κ3) is 3.59. The summed E-state index contributed by atoms with van der Waals surface area (Å²) < 4.78 is 0. The Morgan fingerprint density at radius 3 is 2.53 bits per heavy atom. The third-order valence-electron chi connectivity index (χ3n) is 4.74. The van der Waals surface area contributed by atoms with E-state index in [2.05, 4.69) is 43.3 Å². The van der Waals surface area contributed by atoms with Crippen LogP contribution in [0.1, 0.15) is 56.9 Å². The van der Waals surface area contributed by atoms with Crippen molar-refractivity contribution in [2.75, 3.05) is 7.05 Å². The van der Waals surface area contributed by atoms with Crippen molar-refractivity contribution in [1.82, 2.24) is 4.90 Å². The van der Waals surface area contributed by atoms with Crippen LogP contribution in [0.15, 0.2) is 17.5 Å². The van der Waals surface area contributed by atoms with Crippen molar-refractivity contribution in [3.63, 3.8) is 0 Å². The van der Waals surface area contributed by atoms with Crippen molar-refractivity contribution in [3.8, 4) is 0 Å². The zero-order valence-electron chi connectivity index (χ0n) is 12.5. The molecule has 19 heavy (non-hydrogen) atoms. The lowest BCUT2D eigenvalue weighted by molar-refractivity contribution is 0.109. The molecule has 108 valence electrons. The average Bonchev–Trinajstić information content (AvgIpc) is 2.92. The molecule has 2 atom stereocenters. The number of hydrogen-bond donors (Lipinski definition) is 1. The summed E-state index contributed by atoms with van der Waals surface area (Å²) in [6.45, 7) is 4.46. The molecule has 1 saturated carbocycles. The van der Waals surface area contributed by atoms with Gasteiger partial charge >= 0.3 is 0 Å². The molecule has 0 aromatic carbocycles. The summed E-state index contributed by atoms with van der Waals surface area (Å²) in [7, 11) is 2.27. The lowest BCUT2D eigenvalue weighted by Gasteiger charge is -2.40. The Labute approximate surface area is 122 Å². The van der Waals surface area contributed by atoms with Crippen LogP contribution < -0.4 is 5.73 Å². The molecule has 1 aliphatic carbocycles. The molecule has 2 rings (SSSR count). The van der Waals surface area contributed by atoms with E-state index in [4.69, 9.17) is 5.73 Å². The van der Waals surface area contributed by atoms with Gasteiger partial charge in [0.05, 0.1) is 6.04 Å². The van der Waals surface area contributed by atoms with E-state index in [9.17, 15) is 0 Å². The van der Waals surface area contributed by atoms with Gasteiger partial charge in [-0.15, -0.1) is 11.3 Å². The molecule has 3 heteroatoms. The van der Waals surface area contributed by atoms with Gasteiger partial charge < -0.3 is 5.73 Å². The molecule has 1 heterocycles. The van der Waals surface area contributed by atoms with Crippen LogP contribution >= 0.6 is 11.3 Å². The molecular weight excluding hydrogens is 252 g/mol. The minimum Gasteiger partial charge on any atom is -0.326 e. The summed E-state index contributed by atoms with van der Waals surface area (Å²) in [6, 6.07) is 5.64. The summed E-state index contributed by atoms with van der Waals surface area (Å²) in [5.41, 5.74) is 6.25. The van der Waals surface area contributed by atoms with Crippen molar-refractivity contribution in [2.45, 2.75) is 64.1 Å². The fourth-order valence-electron chi connectivity index (χ4n) is 3.48. The normalized spacial score (nSPS) is 27.4. The van der Waals surface area contributed by atoms with Gasteiger partial charge in [-0.3, -0.25) is 4.90 Å². The Morgan fingerprint density at radius 2 is 2.05 bits per heavy atom. The van der Waals surface area contributed by atoms with Crippen LogP contribution in [-0.2, 0) is 0 Å². The SMILES string of the molecule is CCC1CCC(N(C)C(c2cccs2)C(C)N)CC1.